The molecular formula is C9H13NO3S. The third-order valence-electron chi connectivity index (χ3n) is 2.50. The molecule has 1 aromatic heterocycles. The van der Waals surface area contributed by atoms with Gasteiger partial charge in [-0.15, -0.1) is 0 Å². The third kappa shape index (κ3) is 1.69. The van der Waals surface area contributed by atoms with Crippen molar-refractivity contribution in [2.75, 3.05) is 12.8 Å². The summed E-state index contributed by atoms with van der Waals surface area (Å²) in [4.78, 5) is 0. The van der Waals surface area contributed by atoms with Crippen molar-refractivity contribution < 1.29 is 12.8 Å². The maximum atomic E-state index is 11.4. The molecule has 0 aliphatic carbocycles. The Morgan fingerprint density at radius 1 is 1.57 bits per heavy atom. The number of sulfonamides is 1. The Balaban J connectivity index is 2.28. The molecule has 1 fully saturated rings. The molecule has 1 aliphatic heterocycles. The second kappa shape index (κ2) is 3.40. The molecule has 1 saturated heterocycles. The van der Waals surface area contributed by atoms with Crippen LogP contribution in [0.4, 0.5) is 0 Å². The fourth-order valence-electron chi connectivity index (χ4n) is 1.90. The second-order valence-electron chi connectivity index (χ2n) is 3.55. The zero-order valence-corrected chi connectivity index (χ0v) is 8.83. The zero-order chi connectivity index (χ0) is 10.2. The molecule has 4 nitrogen and oxygen atoms in total. The van der Waals surface area contributed by atoms with Crippen LogP contribution in [-0.4, -0.2) is 25.5 Å². The van der Waals surface area contributed by atoms with Crippen LogP contribution in [0.5, 0.6) is 0 Å². The smallest absolute Gasteiger partial charge is 0.211 e. The Labute approximate surface area is 83.6 Å². The maximum absolute atomic E-state index is 11.4. The summed E-state index contributed by atoms with van der Waals surface area (Å²) in [6.45, 7) is 0.601. The van der Waals surface area contributed by atoms with Gasteiger partial charge < -0.3 is 4.42 Å². The van der Waals surface area contributed by atoms with Crippen LogP contribution in [0.15, 0.2) is 22.8 Å². The number of furan rings is 1. The van der Waals surface area contributed by atoms with Gasteiger partial charge in [-0.1, -0.05) is 0 Å². The van der Waals surface area contributed by atoms with Gasteiger partial charge in [0.15, 0.2) is 0 Å². The van der Waals surface area contributed by atoms with Crippen LogP contribution in [0.3, 0.4) is 0 Å². The van der Waals surface area contributed by atoms with Crippen LogP contribution in [0.25, 0.3) is 0 Å². The van der Waals surface area contributed by atoms with E-state index in [0.717, 1.165) is 18.6 Å². The van der Waals surface area contributed by atoms with Crippen LogP contribution in [0.1, 0.15) is 24.6 Å². The quantitative estimate of drug-likeness (QED) is 0.748. The monoisotopic (exact) mass is 215 g/mol. The molecule has 14 heavy (non-hydrogen) atoms. The van der Waals surface area contributed by atoms with E-state index in [1.54, 1.807) is 12.3 Å². The van der Waals surface area contributed by atoms with Crippen molar-refractivity contribution in [3.8, 4) is 0 Å². The first-order valence-electron chi connectivity index (χ1n) is 4.59. The molecule has 5 heteroatoms. The summed E-state index contributed by atoms with van der Waals surface area (Å²) in [5.74, 6) is 0.743. The minimum atomic E-state index is -3.10. The van der Waals surface area contributed by atoms with Crippen molar-refractivity contribution in [2.45, 2.75) is 18.9 Å². The molecule has 2 rings (SSSR count). The van der Waals surface area contributed by atoms with Crippen LogP contribution >= 0.6 is 0 Å². The van der Waals surface area contributed by atoms with E-state index in [1.165, 1.54) is 10.6 Å². The first-order chi connectivity index (χ1) is 6.59. The third-order valence-corrected chi connectivity index (χ3v) is 3.79. The molecule has 0 unspecified atom stereocenters. The van der Waals surface area contributed by atoms with Crippen LogP contribution in [0, 0.1) is 0 Å². The highest BCUT2D eigenvalue weighted by Crippen LogP contribution is 2.33. The Morgan fingerprint density at radius 3 is 2.93 bits per heavy atom. The lowest BCUT2D eigenvalue weighted by atomic mass is 10.2. The summed E-state index contributed by atoms with van der Waals surface area (Å²) >= 11 is 0. The number of hydrogen-bond donors (Lipinski definition) is 0. The fourth-order valence-corrected chi connectivity index (χ4v) is 3.03. The van der Waals surface area contributed by atoms with E-state index in [0.29, 0.717) is 6.54 Å². The van der Waals surface area contributed by atoms with E-state index < -0.39 is 10.0 Å². The van der Waals surface area contributed by atoms with E-state index >= 15 is 0 Å². The molecule has 0 N–H and O–H groups in total. The van der Waals surface area contributed by atoms with E-state index in [4.69, 9.17) is 4.42 Å². The van der Waals surface area contributed by atoms with Crippen molar-refractivity contribution in [1.82, 2.24) is 4.31 Å². The molecule has 1 aromatic rings. The summed E-state index contributed by atoms with van der Waals surface area (Å²) in [7, 11) is -3.10. The van der Waals surface area contributed by atoms with E-state index in [9.17, 15) is 8.42 Å². The summed E-state index contributed by atoms with van der Waals surface area (Å²) in [5.41, 5.74) is 0. The maximum Gasteiger partial charge on any atom is 0.211 e. The van der Waals surface area contributed by atoms with Crippen molar-refractivity contribution in [2.24, 2.45) is 0 Å². The molecule has 0 bridgehead atoms. The van der Waals surface area contributed by atoms with E-state index in [-0.39, 0.29) is 6.04 Å². The van der Waals surface area contributed by atoms with Gasteiger partial charge in [0.25, 0.3) is 0 Å². The number of rotatable bonds is 2. The van der Waals surface area contributed by atoms with Gasteiger partial charge in [-0.25, -0.2) is 8.42 Å². The first-order valence-corrected chi connectivity index (χ1v) is 6.44. The highest BCUT2D eigenvalue weighted by Gasteiger charge is 2.33. The summed E-state index contributed by atoms with van der Waals surface area (Å²) in [6, 6.07) is 3.52. The van der Waals surface area contributed by atoms with Gasteiger partial charge in [0.05, 0.1) is 18.6 Å². The van der Waals surface area contributed by atoms with E-state index in [2.05, 4.69) is 0 Å². The van der Waals surface area contributed by atoms with Gasteiger partial charge in [-0.2, -0.15) is 4.31 Å². The SMILES string of the molecule is CS(=O)(=O)N1CCC[C@H]1c1ccco1. The van der Waals surface area contributed by atoms with Crippen LogP contribution < -0.4 is 0 Å². The van der Waals surface area contributed by atoms with Gasteiger partial charge in [0.2, 0.25) is 10.0 Å². The minimum Gasteiger partial charge on any atom is -0.468 e. The lowest BCUT2D eigenvalue weighted by molar-refractivity contribution is 0.342. The van der Waals surface area contributed by atoms with Crippen molar-refractivity contribution in [1.29, 1.82) is 0 Å². The van der Waals surface area contributed by atoms with Gasteiger partial charge in [-0.3, -0.25) is 0 Å². The molecule has 1 aliphatic rings. The average Bonchev–Trinajstić information content (AvgIpc) is 2.73. The summed E-state index contributed by atoms with van der Waals surface area (Å²) in [6.07, 6.45) is 4.57. The molecule has 0 amide bonds. The molecule has 2 heterocycles. The highest BCUT2D eigenvalue weighted by atomic mass is 32.2. The van der Waals surface area contributed by atoms with Gasteiger partial charge in [-0.05, 0) is 25.0 Å². The van der Waals surface area contributed by atoms with Gasteiger partial charge in [0.1, 0.15) is 5.76 Å². The lowest BCUT2D eigenvalue weighted by Gasteiger charge is -2.19. The van der Waals surface area contributed by atoms with Gasteiger partial charge in [0, 0.05) is 6.54 Å². The van der Waals surface area contributed by atoms with Crippen molar-refractivity contribution >= 4 is 10.0 Å². The first kappa shape index (κ1) is 9.73. The minimum absolute atomic E-state index is 0.0972. The van der Waals surface area contributed by atoms with Gasteiger partial charge >= 0.3 is 0 Å². The predicted molar refractivity (Wildman–Crippen MR) is 52.2 cm³/mol. The highest BCUT2D eigenvalue weighted by molar-refractivity contribution is 7.88. The predicted octanol–water partition coefficient (Wildman–Crippen LogP) is 1.38. The average molecular weight is 215 g/mol. The Bertz CT molecular complexity index is 396. The summed E-state index contributed by atoms with van der Waals surface area (Å²) in [5, 5.41) is 0. The molecule has 78 valence electrons. The Kier molecular flexibility index (Phi) is 2.36. The largest absolute Gasteiger partial charge is 0.468 e. The second-order valence-corrected chi connectivity index (χ2v) is 5.48. The van der Waals surface area contributed by atoms with Crippen molar-refractivity contribution in [3.63, 3.8) is 0 Å². The van der Waals surface area contributed by atoms with E-state index in [1.807, 2.05) is 6.07 Å². The van der Waals surface area contributed by atoms with Crippen LogP contribution in [-0.2, 0) is 10.0 Å². The normalized spacial score (nSPS) is 24.2. The van der Waals surface area contributed by atoms with Crippen LogP contribution in [0.2, 0.25) is 0 Å². The molecule has 0 spiro atoms. The molecule has 0 saturated carbocycles. The zero-order valence-electron chi connectivity index (χ0n) is 8.01. The lowest BCUT2D eigenvalue weighted by Crippen LogP contribution is -2.29. The number of nitrogens with zero attached hydrogens (tertiary/aromatic N) is 1. The molecule has 0 aromatic carbocycles. The molecule has 1 atom stereocenters. The Hall–Kier alpha value is -0.810. The fraction of sp³-hybridized carbons (Fsp3) is 0.556. The topological polar surface area (TPSA) is 50.5 Å². The number of hydrogen-bond acceptors (Lipinski definition) is 3. The molecular weight excluding hydrogens is 202 g/mol. The molecule has 0 radical (unpaired) electrons. The summed E-state index contributed by atoms with van der Waals surface area (Å²) < 4.78 is 29.6. The standard InChI is InChI=1S/C9H13NO3S/c1-14(11,12)10-6-2-4-8(10)9-5-3-7-13-9/h3,5,7-8H,2,4,6H2,1H3/t8-/m0/s1. The Morgan fingerprint density at radius 2 is 2.36 bits per heavy atom. The van der Waals surface area contributed by atoms with Crippen molar-refractivity contribution in [3.05, 3.63) is 24.2 Å².